The van der Waals surface area contributed by atoms with Crippen LogP contribution in [0.4, 0.5) is 4.79 Å². The molecule has 1 amide bonds. The van der Waals surface area contributed by atoms with E-state index >= 15 is 0 Å². The van der Waals surface area contributed by atoms with Crippen LogP contribution in [0.2, 0.25) is 0 Å². The Morgan fingerprint density at radius 3 is 2.72 bits per heavy atom. The van der Waals surface area contributed by atoms with E-state index in [0.29, 0.717) is 5.75 Å². The third kappa shape index (κ3) is 2.43. The van der Waals surface area contributed by atoms with Crippen LogP contribution in [0.5, 0.6) is 5.75 Å². The molecule has 0 aliphatic rings. The molecule has 2 heterocycles. The van der Waals surface area contributed by atoms with Gasteiger partial charge in [-0.3, -0.25) is 0 Å². The average molecular weight is 359 g/mol. The van der Waals surface area contributed by atoms with Crippen molar-refractivity contribution >= 4 is 39.7 Å². The molecule has 0 aromatic carbocycles. The molecule has 0 unspecified atom stereocenters. The molecule has 5 nitrogen and oxygen atoms in total. The number of carbonyl (C=O) groups is 1. The minimum absolute atomic E-state index is 0.0548. The van der Waals surface area contributed by atoms with Crippen molar-refractivity contribution in [1.82, 2.24) is 9.55 Å². The highest BCUT2D eigenvalue weighted by molar-refractivity contribution is 14.1. The Hall–Kier alpha value is -1.31. The fourth-order valence-electron chi connectivity index (χ4n) is 1.73. The molecule has 0 atom stereocenters. The van der Waals surface area contributed by atoms with Crippen molar-refractivity contribution in [2.75, 3.05) is 0 Å². The first kappa shape index (κ1) is 13.1. The summed E-state index contributed by atoms with van der Waals surface area (Å²) in [5, 5.41) is 0.948. The molecule has 0 fully saturated rings. The maximum Gasteiger partial charge on any atom is 0.410 e. The van der Waals surface area contributed by atoms with Gasteiger partial charge in [-0.05, 0) is 49.4 Å². The van der Waals surface area contributed by atoms with Crippen LogP contribution in [0.15, 0.2) is 18.5 Å². The molecule has 0 aliphatic carbocycles. The first-order chi connectivity index (χ1) is 8.29. The number of halogens is 1. The highest BCUT2D eigenvalue weighted by atomic mass is 127. The van der Waals surface area contributed by atoms with E-state index in [1.165, 1.54) is 6.20 Å². The molecule has 96 valence electrons. The molecule has 0 saturated heterocycles. The normalized spacial score (nSPS) is 11.8. The van der Waals surface area contributed by atoms with Crippen LogP contribution < -0.4 is 10.5 Å². The molecule has 6 heteroatoms. The van der Waals surface area contributed by atoms with Gasteiger partial charge in [0, 0.05) is 20.7 Å². The Bertz CT molecular complexity index is 614. The van der Waals surface area contributed by atoms with Gasteiger partial charge < -0.3 is 15.0 Å². The van der Waals surface area contributed by atoms with Crippen LogP contribution in [-0.4, -0.2) is 15.6 Å². The largest absolute Gasteiger partial charge is 0.410 e. The van der Waals surface area contributed by atoms with Gasteiger partial charge >= 0.3 is 6.09 Å². The average Bonchev–Trinajstić information content (AvgIpc) is 2.55. The standard InChI is InChI=1S/C12H14IN3O2/c1-12(2,3)16-6-9(13)8-4-7(18-11(14)17)5-15-10(8)16/h4-6H,1-3H3,(H2,14,17). The Kier molecular flexibility index (Phi) is 3.22. The van der Waals surface area contributed by atoms with E-state index < -0.39 is 6.09 Å². The molecule has 0 aliphatic heterocycles. The van der Waals surface area contributed by atoms with Crippen LogP contribution in [0.25, 0.3) is 11.0 Å². The molecule has 0 saturated carbocycles. The maximum atomic E-state index is 10.7. The highest BCUT2D eigenvalue weighted by Crippen LogP contribution is 2.29. The van der Waals surface area contributed by atoms with Crippen molar-refractivity contribution in [3.8, 4) is 5.75 Å². The third-order valence-corrected chi connectivity index (χ3v) is 3.37. The predicted molar refractivity (Wildman–Crippen MR) is 77.7 cm³/mol. The van der Waals surface area contributed by atoms with Gasteiger partial charge in [0.15, 0.2) is 5.75 Å². The van der Waals surface area contributed by atoms with Crippen molar-refractivity contribution in [2.24, 2.45) is 5.73 Å². The van der Waals surface area contributed by atoms with E-state index in [0.717, 1.165) is 14.6 Å². The SMILES string of the molecule is CC(C)(C)n1cc(I)c2cc(OC(N)=O)cnc21. The Labute approximate surface area is 118 Å². The minimum Gasteiger partial charge on any atom is -0.409 e. The number of nitrogens with zero attached hydrogens (tertiary/aromatic N) is 2. The second-order valence-corrected chi connectivity index (χ2v) is 6.14. The van der Waals surface area contributed by atoms with Crippen molar-refractivity contribution in [2.45, 2.75) is 26.3 Å². The molecule has 18 heavy (non-hydrogen) atoms. The topological polar surface area (TPSA) is 70.1 Å². The first-order valence-corrected chi connectivity index (χ1v) is 6.51. The lowest BCUT2D eigenvalue weighted by Gasteiger charge is -2.21. The Morgan fingerprint density at radius 2 is 2.17 bits per heavy atom. The summed E-state index contributed by atoms with van der Waals surface area (Å²) < 4.78 is 7.99. The summed E-state index contributed by atoms with van der Waals surface area (Å²) in [5.74, 6) is 0.361. The molecule has 2 N–H and O–H groups in total. The number of ether oxygens (including phenoxy) is 1. The molecule has 2 rings (SSSR count). The Balaban J connectivity index is 2.59. The first-order valence-electron chi connectivity index (χ1n) is 5.43. The predicted octanol–water partition coefficient (Wildman–Crippen LogP) is 2.85. The molecule has 2 aromatic heterocycles. The zero-order chi connectivity index (χ0) is 13.5. The van der Waals surface area contributed by atoms with Crippen LogP contribution >= 0.6 is 22.6 Å². The smallest absolute Gasteiger partial charge is 0.409 e. The zero-order valence-corrected chi connectivity index (χ0v) is 12.6. The molecule has 0 radical (unpaired) electrons. The monoisotopic (exact) mass is 359 g/mol. The van der Waals surface area contributed by atoms with E-state index in [-0.39, 0.29) is 5.54 Å². The number of aromatic nitrogens is 2. The van der Waals surface area contributed by atoms with Crippen LogP contribution in [-0.2, 0) is 5.54 Å². The number of pyridine rings is 1. The number of carbonyl (C=O) groups excluding carboxylic acids is 1. The quantitative estimate of drug-likeness (QED) is 0.796. The van der Waals surface area contributed by atoms with Crippen molar-refractivity contribution < 1.29 is 9.53 Å². The summed E-state index contributed by atoms with van der Waals surface area (Å²) in [5.41, 5.74) is 5.79. The van der Waals surface area contributed by atoms with Crippen LogP contribution in [0.1, 0.15) is 20.8 Å². The summed E-state index contributed by atoms with van der Waals surface area (Å²) in [7, 11) is 0. The highest BCUT2D eigenvalue weighted by Gasteiger charge is 2.19. The number of hydrogen-bond acceptors (Lipinski definition) is 3. The second kappa shape index (κ2) is 4.42. The van der Waals surface area contributed by atoms with Gasteiger partial charge in [0.2, 0.25) is 0 Å². The van der Waals surface area contributed by atoms with E-state index in [1.807, 2.05) is 6.20 Å². The molecule has 2 aromatic rings. The second-order valence-electron chi connectivity index (χ2n) is 4.98. The van der Waals surface area contributed by atoms with Gasteiger partial charge in [0.25, 0.3) is 0 Å². The van der Waals surface area contributed by atoms with Gasteiger partial charge in [-0.2, -0.15) is 0 Å². The summed E-state index contributed by atoms with van der Waals surface area (Å²) >= 11 is 2.24. The molecule has 0 spiro atoms. The number of amides is 1. The number of fused-ring (bicyclic) bond motifs is 1. The summed E-state index contributed by atoms with van der Waals surface area (Å²) in [6, 6.07) is 1.77. The van der Waals surface area contributed by atoms with Crippen molar-refractivity contribution in [1.29, 1.82) is 0 Å². The van der Waals surface area contributed by atoms with Crippen molar-refractivity contribution in [3.63, 3.8) is 0 Å². The number of hydrogen-bond donors (Lipinski definition) is 1. The van der Waals surface area contributed by atoms with Crippen LogP contribution in [0.3, 0.4) is 0 Å². The summed E-state index contributed by atoms with van der Waals surface area (Å²) in [6.07, 6.45) is 2.71. The van der Waals surface area contributed by atoms with Crippen molar-refractivity contribution in [3.05, 3.63) is 22.0 Å². The number of rotatable bonds is 1. The zero-order valence-electron chi connectivity index (χ0n) is 10.4. The van der Waals surface area contributed by atoms with E-state index in [2.05, 4.69) is 52.9 Å². The molecular formula is C12H14IN3O2. The molecular weight excluding hydrogens is 345 g/mol. The number of nitrogens with two attached hydrogens (primary N) is 1. The lowest BCUT2D eigenvalue weighted by atomic mass is 10.1. The third-order valence-electron chi connectivity index (χ3n) is 2.51. The fraction of sp³-hybridized carbons (Fsp3) is 0.333. The lowest BCUT2D eigenvalue weighted by Crippen LogP contribution is -2.21. The van der Waals surface area contributed by atoms with Gasteiger partial charge in [-0.15, -0.1) is 0 Å². The summed E-state index contributed by atoms with van der Waals surface area (Å²) in [4.78, 5) is 15.1. The summed E-state index contributed by atoms with van der Waals surface area (Å²) in [6.45, 7) is 6.33. The lowest BCUT2D eigenvalue weighted by molar-refractivity contribution is 0.211. The fourth-order valence-corrected chi connectivity index (χ4v) is 2.41. The van der Waals surface area contributed by atoms with Gasteiger partial charge in [-0.1, -0.05) is 0 Å². The van der Waals surface area contributed by atoms with Gasteiger partial charge in [-0.25, -0.2) is 9.78 Å². The minimum atomic E-state index is -0.832. The van der Waals surface area contributed by atoms with E-state index in [4.69, 9.17) is 10.5 Å². The van der Waals surface area contributed by atoms with E-state index in [1.54, 1.807) is 6.07 Å². The van der Waals surface area contributed by atoms with Gasteiger partial charge in [0.1, 0.15) is 5.65 Å². The maximum absolute atomic E-state index is 10.7. The molecule has 0 bridgehead atoms. The number of primary amides is 1. The Morgan fingerprint density at radius 1 is 1.50 bits per heavy atom. The van der Waals surface area contributed by atoms with E-state index in [9.17, 15) is 4.79 Å². The van der Waals surface area contributed by atoms with Crippen LogP contribution in [0, 0.1) is 3.57 Å². The van der Waals surface area contributed by atoms with Gasteiger partial charge in [0.05, 0.1) is 6.20 Å².